The number of halogens is 2. The number of hydrogen-bond acceptors (Lipinski definition) is 2. The number of aromatic nitrogens is 2. The molecule has 1 heterocycles. The molecule has 2 rings (SSSR count). The molecule has 70 valence electrons. The van der Waals surface area contributed by atoms with E-state index in [1.54, 1.807) is 18.2 Å². The first kappa shape index (κ1) is 9.09. The Kier molecular flexibility index (Phi) is 2.41. The van der Waals surface area contributed by atoms with Crippen molar-refractivity contribution in [1.82, 2.24) is 9.97 Å². The van der Waals surface area contributed by atoms with Crippen molar-refractivity contribution < 1.29 is 4.39 Å². The third-order valence-electron chi connectivity index (χ3n) is 1.70. The normalized spacial score (nSPS) is 10.1. The van der Waals surface area contributed by atoms with Crippen LogP contribution in [-0.2, 0) is 0 Å². The van der Waals surface area contributed by atoms with Crippen LogP contribution in [0.4, 0.5) is 4.39 Å². The average Bonchev–Trinajstić information content (AvgIpc) is 2.18. The van der Waals surface area contributed by atoms with Gasteiger partial charge in [0, 0.05) is 11.8 Å². The highest BCUT2D eigenvalue weighted by Gasteiger charge is 2.02. The molecule has 0 aliphatic heterocycles. The third kappa shape index (κ3) is 1.88. The summed E-state index contributed by atoms with van der Waals surface area (Å²) in [6.45, 7) is 0. The minimum Gasteiger partial charge on any atom is -0.236 e. The molecule has 0 radical (unpaired) electrons. The number of rotatable bonds is 1. The van der Waals surface area contributed by atoms with Gasteiger partial charge >= 0.3 is 0 Å². The molecule has 0 N–H and O–H groups in total. The standard InChI is InChI=1S/C10H6ClFN2/c11-9-4-5-13-10(14-9)7-2-1-3-8(12)6-7/h1-6H. The first-order valence-electron chi connectivity index (χ1n) is 4.00. The minimum atomic E-state index is -0.314. The van der Waals surface area contributed by atoms with E-state index in [0.29, 0.717) is 16.5 Å². The van der Waals surface area contributed by atoms with Crippen LogP contribution < -0.4 is 0 Å². The van der Waals surface area contributed by atoms with Crippen LogP contribution in [0.15, 0.2) is 36.5 Å². The summed E-state index contributed by atoms with van der Waals surface area (Å²) in [6.07, 6.45) is 1.54. The number of hydrogen-bond donors (Lipinski definition) is 0. The Labute approximate surface area is 85.4 Å². The number of benzene rings is 1. The van der Waals surface area contributed by atoms with Crippen LogP contribution in [-0.4, -0.2) is 9.97 Å². The van der Waals surface area contributed by atoms with Crippen LogP contribution in [0.2, 0.25) is 5.15 Å². The molecule has 0 bridgehead atoms. The fraction of sp³-hybridized carbons (Fsp3) is 0. The molecule has 4 heteroatoms. The van der Waals surface area contributed by atoms with Crippen molar-refractivity contribution >= 4 is 11.6 Å². The topological polar surface area (TPSA) is 25.8 Å². The lowest BCUT2D eigenvalue weighted by atomic mass is 10.2. The van der Waals surface area contributed by atoms with Crippen molar-refractivity contribution in [3.05, 3.63) is 47.5 Å². The fourth-order valence-corrected chi connectivity index (χ4v) is 1.24. The molecule has 1 aromatic carbocycles. The van der Waals surface area contributed by atoms with Crippen molar-refractivity contribution in [2.24, 2.45) is 0 Å². The maximum atomic E-state index is 12.9. The molecule has 0 aliphatic carbocycles. The maximum absolute atomic E-state index is 12.9. The van der Waals surface area contributed by atoms with Crippen LogP contribution in [0.5, 0.6) is 0 Å². The predicted molar refractivity (Wildman–Crippen MR) is 52.4 cm³/mol. The van der Waals surface area contributed by atoms with Gasteiger partial charge in [0.2, 0.25) is 0 Å². The van der Waals surface area contributed by atoms with E-state index in [1.165, 1.54) is 18.3 Å². The van der Waals surface area contributed by atoms with Gasteiger partial charge in [0.1, 0.15) is 11.0 Å². The molecular weight excluding hydrogens is 203 g/mol. The summed E-state index contributed by atoms with van der Waals surface area (Å²) >= 11 is 5.69. The van der Waals surface area contributed by atoms with E-state index in [9.17, 15) is 4.39 Å². The van der Waals surface area contributed by atoms with Crippen molar-refractivity contribution in [1.29, 1.82) is 0 Å². The van der Waals surface area contributed by atoms with Gasteiger partial charge in [0.05, 0.1) is 0 Å². The van der Waals surface area contributed by atoms with E-state index in [4.69, 9.17) is 11.6 Å². The van der Waals surface area contributed by atoms with E-state index in [0.717, 1.165) is 0 Å². The van der Waals surface area contributed by atoms with E-state index in [-0.39, 0.29) is 5.82 Å². The SMILES string of the molecule is Fc1cccc(-c2nccc(Cl)n2)c1. The molecule has 0 aliphatic rings. The Balaban J connectivity index is 2.49. The molecule has 0 spiro atoms. The van der Waals surface area contributed by atoms with Crippen LogP contribution in [0.25, 0.3) is 11.4 Å². The van der Waals surface area contributed by atoms with Crippen molar-refractivity contribution in [2.45, 2.75) is 0 Å². The predicted octanol–water partition coefficient (Wildman–Crippen LogP) is 2.94. The summed E-state index contributed by atoms with van der Waals surface area (Å²) in [6, 6.07) is 7.65. The second-order valence-corrected chi connectivity index (χ2v) is 3.10. The van der Waals surface area contributed by atoms with Gasteiger partial charge < -0.3 is 0 Å². The summed E-state index contributed by atoms with van der Waals surface area (Å²) in [5.74, 6) is 0.114. The van der Waals surface area contributed by atoms with E-state index < -0.39 is 0 Å². The quantitative estimate of drug-likeness (QED) is 0.674. The Bertz CT molecular complexity index is 416. The summed E-state index contributed by atoms with van der Waals surface area (Å²) in [5, 5.41) is 0.347. The summed E-state index contributed by atoms with van der Waals surface area (Å²) < 4.78 is 12.9. The van der Waals surface area contributed by atoms with Crippen molar-refractivity contribution in [2.75, 3.05) is 0 Å². The number of nitrogens with zero attached hydrogens (tertiary/aromatic N) is 2. The van der Waals surface area contributed by atoms with Crippen LogP contribution in [0, 0.1) is 5.82 Å². The van der Waals surface area contributed by atoms with Gasteiger partial charge in [-0.05, 0) is 18.2 Å². The van der Waals surface area contributed by atoms with Gasteiger partial charge in [-0.1, -0.05) is 23.7 Å². The Morgan fingerprint density at radius 3 is 2.79 bits per heavy atom. The van der Waals surface area contributed by atoms with Crippen LogP contribution in [0.1, 0.15) is 0 Å². The Morgan fingerprint density at radius 1 is 1.21 bits per heavy atom. The lowest BCUT2D eigenvalue weighted by Crippen LogP contribution is -1.88. The van der Waals surface area contributed by atoms with Gasteiger partial charge in [-0.3, -0.25) is 0 Å². The van der Waals surface area contributed by atoms with Gasteiger partial charge in [-0.15, -0.1) is 0 Å². The first-order valence-corrected chi connectivity index (χ1v) is 4.38. The summed E-state index contributed by atoms with van der Waals surface area (Å²) in [7, 11) is 0. The minimum absolute atomic E-state index is 0.314. The summed E-state index contributed by atoms with van der Waals surface area (Å²) in [5.41, 5.74) is 0.618. The third-order valence-corrected chi connectivity index (χ3v) is 1.91. The van der Waals surface area contributed by atoms with Crippen molar-refractivity contribution in [3.8, 4) is 11.4 Å². The van der Waals surface area contributed by atoms with Crippen molar-refractivity contribution in [3.63, 3.8) is 0 Å². The zero-order chi connectivity index (χ0) is 9.97. The molecule has 0 amide bonds. The average molecular weight is 209 g/mol. The highest BCUT2D eigenvalue weighted by Crippen LogP contribution is 2.16. The second kappa shape index (κ2) is 3.72. The molecule has 14 heavy (non-hydrogen) atoms. The molecule has 2 aromatic rings. The second-order valence-electron chi connectivity index (χ2n) is 2.71. The zero-order valence-electron chi connectivity index (χ0n) is 7.11. The smallest absolute Gasteiger partial charge is 0.160 e. The lowest BCUT2D eigenvalue weighted by Gasteiger charge is -1.99. The Morgan fingerprint density at radius 2 is 2.07 bits per heavy atom. The molecule has 1 aromatic heterocycles. The van der Waals surface area contributed by atoms with Crippen LogP contribution >= 0.6 is 11.6 Å². The maximum Gasteiger partial charge on any atom is 0.160 e. The van der Waals surface area contributed by atoms with Gasteiger partial charge in [0.25, 0.3) is 0 Å². The van der Waals surface area contributed by atoms with E-state index >= 15 is 0 Å². The van der Waals surface area contributed by atoms with E-state index in [2.05, 4.69) is 9.97 Å². The molecular formula is C10H6ClFN2. The molecule has 0 saturated heterocycles. The van der Waals surface area contributed by atoms with Gasteiger partial charge in [0.15, 0.2) is 5.82 Å². The molecule has 0 saturated carbocycles. The molecule has 0 atom stereocenters. The van der Waals surface area contributed by atoms with Gasteiger partial charge in [-0.25, -0.2) is 14.4 Å². The lowest BCUT2D eigenvalue weighted by molar-refractivity contribution is 0.628. The molecule has 0 unspecified atom stereocenters. The zero-order valence-corrected chi connectivity index (χ0v) is 7.87. The molecule has 0 fully saturated rings. The summed E-state index contributed by atoms with van der Waals surface area (Å²) in [4.78, 5) is 7.96. The highest BCUT2D eigenvalue weighted by atomic mass is 35.5. The fourth-order valence-electron chi connectivity index (χ4n) is 1.10. The first-order chi connectivity index (χ1) is 6.75. The molecule has 2 nitrogen and oxygen atoms in total. The Hall–Kier alpha value is -1.48. The monoisotopic (exact) mass is 208 g/mol. The largest absolute Gasteiger partial charge is 0.236 e. The highest BCUT2D eigenvalue weighted by molar-refractivity contribution is 6.29. The van der Waals surface area contributed by atoms with Gasteiger partial charge in [-0.2, -0.15) is 0 Å². The van der Waals surface area contributed by atoms with E-state index in [1.807, 2.05) is 0 Å². The van der Waals surface area contributed by atoms with Crippen LogP contribution in [0.3, 0.4) is 0 Å².